The number of nitrogens with zero attached hydrogens (tertiary/aromatic N) is 1. The van der Waals surface area contributed by atoms with E-state index in [0.717, 1.165) is 0 Å². The van der Waals surface area contributed by atoms with Crippen LogP contribution in [0.3, 0.4) is 0 Å². The number of pyridine rings is 1. The molecule has 5 heteroatoms. The van der Waals surface area contributed by atoms with Crippen molar-refractivity contribution < 1.29 is 18.3 Å². The number of aryl methyl sites for hydroxylation is 1. The fraction of sp³-hybridized carbons (Fsp3) is 0.214. The molecule has 1 heterocycles. The molecule has 0 saturated carbocycles. The van der Waals surface area contributed by atoms with Gasteiger partial charge in [0.25, 0.3) is 0 Å². The lowest BCUT2D eigenvalue weighted by molar-refractivity contribution is -0.250. The smallest absolute Gasteiger partial charge is 0.371 e. The zero-order valence-electron chi connectivity index (χ0n) is 10.1. The fourth-order valence-electron chi connectivity index (χ4n) is 1.99. The zero-order valence-corrected chi connectivity index (χ0v) is 10.1. The summed E-state index contributed by atoms with van der Waals surface area (Å²) in [5.41, 5.74) is -3.38. The Kier molecular flexibility index (Phi) is 3.32. The molecule has 2 nitrogen and oxygen atoms in total. The van der Waals surface area contributed by atoms with Crippen LogP contribution in [0.4, 0.5) is 13.2 Å². The normalized spacial score (nSPS) is 15.0. The minimum Gasteiger partial charge on any atom is -0.371 e. The summed E-state index contributed by atoms with van der Waals surface area (Å²) in [4.78, 5) is 3.66. The highest BCUT2D eigenvalue weighted by Gasteiger charge is 2.57. The Morgan fingerprint density at radius 2 is 1.63 bits per heavy atom. The minimum atomic E-state index is -4.85. The van der Waals surface area contributed by atoms with Crippen molar-refractivity contribution in [2.24, 2.45) is 0 Å². The number of aliphatic hydroxyl groups is 1. The van der Waals surface area contributed by atoms with Crippen LogP contribution in [0.5, 0.6) is 0 Å². The summed E-state index contributed by atoms with van der Waals surface area (Å²) in [5.74, 6) is 0. The first-order chi connectivity index (χ1) is 8.87. The van der Waals surface area contributed by atoms with E-state index in [2.05, 4.69) is 4.98 Å². The molecule has 0 amide bonds. The number of hydrogen-bond donors (Lipinski definition) is 1. The van der Waals surface area contributed by atoms with Gasteiger partial charge in [-0.25, -0.2) is 0 Å². The molecule has 0 aliphatic rings. The molecule has 0 fully saturated rings. The van der Waals surface area contributed by atoms with Crippen LogP contribution in [0.2, 0.25) is 0 Å². The molecule has 2 aromatic rings. The standard InChI is InChI=1S/C14H12F3NO/c1-10-6-2-3-7-11(10)13(19,14(15,16)17)12-8-4-5-9-18-12/h2-9,19H,1H3. The van der Waals surface area contributed by atoms with E-state index in [1.54, 1.807) is 6.07 Å². The maximum atomic E-state index is 13.4. The summed E-state index contributed by atoms with van der Waals surface area (Å²) < 4.78 is 40.1. The molecule has 2 rings (SSSR count). The predicted octanol–water partition coefficient (Wildman–Crippen LogP) is 3.19. The summed E-state index contributed by atoms with van der Waals surface area (Å²) in [5, 5.41) is 10.3. The second-order valence-electron chi connectivity index (χ2n) is 4.24. The van der Waals surface area contributed by atoms with Gasteiger partial charge >= 0.3 is 6.18 Å². The van der Waals surface area contributed by atoms with Gasteiger partial charge in [0.1, 0.15) is 0 Å². The Bertz CT molecular complexity index is 568. The molecular formula is C14H12F3NO. The van der Waals surface area contributed by atoms with Crippen LogP contribution < -0.4 is 0 Å². The quantitative estimate of drug-likeness (QED) is 0.906. The predicted molar refractivity (Wildman–Crippen MR) is 64.5 cm³/mol. The molecule has 1 atom stereocenters. The Balaban J connectivity index is 2.71. The van der Waals surface area contributed by atoms with Gasteiger partial charge < -0.3 is 5.11 Å². The van der Waals surface area contributed by atoms with Crippen LogP contribution in [0.1, 0.15) is 16.8 Å². The van der Waals surface area contributed by atoms with Gasteiger partial charge in [0.05, 0.1) is 5.69 Å². The first-order valence-corrected chi connectivity index (χ1v) is 5.64. The van der Waals surface area contributed by atoms with Crippen molar-refractivity contribution in [1.29, 1.82) is 0 Å². The third-order valence-corrected chi connectivity index (χ3v) is 2.98. The highest BCUT2D eigenvalue weighted by atomic mass is 19.4. The van der Waals surface area contributed by atoms with Crippen LogP contribution in [0.25, 0.3) is 0 Å². The largest absolute Gasteiger partial charge is 0.427 e. The molecule has 0 spiro atoms. The van der Waals surface area contributed by atoms with Gasteiger partial charge in [0.2, 0.25) is 5.60 Å². The highest BCUT2D eigenvalue weighted by molar-refractivity contribution is 5.39. The molecule has 1 unspecified atom stereocenters. The van der Waals surface area contributed by atoms with Crippen molar-refractivity contribution >= 4 is 0 Å². The zero-order chi connectivity index (χ0) is 14.1. The van der Waals surface area contributed by atoms with E-state index in [0.29, 0.717) is 5.56 Å². The number of rotatable bonds is 2. The van der Waals surface area contributed by atoms with Crippen LogP contribution in [-0.4, -0.2) is 16.3 Å². The molecule has 0 aliphatic heterocycles. The van der Waals surface area contributed by atoms with E-state index in [1.807, 2.05) is 0 Å². The first kappa shape index (κ1) is 13.5. The number of halogens is 3. The van der Waals surface area contributed by atoms with Crippen molar-refractivity contribution in [2.45, 2.75) is 18.7 Å². The van der Waals surface area contributed by atoms with E-state index in [9.17, 15) is 18.3 Å². The molecule has 0 saturated heterocycles. The van der Waals surface area contributed by atoms with E-state index in [4.69, 9.17) is 0 Å². The van der Waals surface area contributed by atoms with Crippen molar-refractivity contribution in [3.8, 4) is 0 Å². The molecule has 0 aliphatic carbocycles. The average Bonchev–Trinajstić information content (AvgIpc) is 2.38. The lowest BCUT2D eigenvalue weighted by atomic mass is 9.86. The maximum absolute atomic E-state index is 13.4. The Hall–Kier alpha value is -1.88. The van der Waals surface area contributed by atoms with E-state index in [1.165, 1.54) is 49.5 Å². The minimum absolute atomic E-state index is 0.207. The summed E-state index contributed by atoms with van der Waals surface area (Å²) in [6.07, 6.45) is -3.63. The summed E-state index contributed by atoms with van der Waals surface area (Å²) in [7, 11) is 0. The molecule has 1 N–H and O–H groups in total. The third kappa shape index (κ3) is 2.21. The second kappa shape index (κ2) is 4.66. The third-order valence-electron chi connectivity index (χ3n) is 2.98. The van der Waals surface area contributed by atoms with Gasteiger partial charge in [0.15, 0.2) is 0 Å². The lowest BCUT2D eigenvalue weighted by Crippen LogP contribution is -2.44. The number of benzene rings is 1. The molecule has 0 bridgehead atoms. The number of hydrogen-bond acceptors (Lipinski definition) is 2. The monoisotopic (exact) mass is 267 g/mol. The van der Waals surface area contributed by atoms with Gasteiger partial charge in [-0.2, -0.15) is 13.2 Å². The van der Waals surface area contributed by atoms with Gasteiger partial charge in [-0.3, -0.25) is 4.98 Å². The van der Waals surface area contributed by atoms with Crippen molar-refractivity contribution in [1.82, 2.24) is 4.98 Å². The Morgan fingerprint density at radius 3 is 2.16 bits per heavy atom. The topological polar surface area (TPSA) is 33.1 Å². The van der Waals surface area contributed by atoms with Crippen molar-refractivity contribution in [2.75, 3.05) is 0 Å². The van der Waals surface area contributed by atoms with Crippen LogP contribution >= 0.6 is 0 Å². The van der Waals surface area contributed by atoms with E-state index < -0.39 is 17.5 Å². The summed E-state index contributed by atoms with van der Waals surface area (Å²) in [6, 6.07) is 9.94. The molecule has 1 aromatic carbocycles. The van der Waals surface area contributed by atoms with Gasteiger partial charge in [0, 0.05) is 11.8 Å². The Labute approximate surface area is 108 Å². The summed E-state index contributed by atoms with van der Waals surface area (Å²) >= 11 is 0. The van der Waals surface area contributed by atoms with Crippen LogP contribution in [-0.2, 0) is 5.60 Å². The van der Waals surface area contributed by atoms with Crippen molar-refractivity contribution in [3.05, 3.63) is 65.5 Å². The maximum Gasteiger partial charge on any atom is 0.427 e. The summed E-state index contributed by atoms with van der Waals surface area (Å²) in [6.45, 7) is 1.52. The van der Waals surface area contributed by atoms with Gasteiger partial charge in [-0.1, -0.05) is 30.3 Å². The number of aromatic nitrogens is 1. The lowest BCUT2D eigenvalue weighted by Gasteiger charge is -2.31. The molecule has 1 aromatic heterocycles. The molecule has 0 radical (unpaired) electrons. The SMILES string of the molecule is Cc1ccccc1C(O)(c1ccccn1)C(F)(F)F. The van der Waals surface area contributed by atoms with Crippen molar-refractivity contribution in [3.63, 3.8) is 0 Å². The Morgan fingerprint density at radius 1 is 1.00 bits per heavy atom. The van der Waals surface area contributed by atoms with Crippen LogP contribution in [0, 0.1) is 6.92 Å². The van der Waals surface area contributed by atoms with Gasteiger partial charge in [-0.15, -0.1) is 0 Å². The van der Waals surface area contributed by atoms with E-state index in [-0.39, 0.29) is 5.56 Å². The number of alkyl halides is 3. The average molecular weight is 267 g/mol. The van der Waals surface area contributed by atoms with Crippen LogP contribution in [0.15, 0.2) is 48.7 Å². The molecule has 19 heavy (non-hydrogen) atoms. The first-order valence-electron chi connectivity index (χ1n) is 5.64. The van der Waals surface area contributed by atoms with Gasteiger partial charge in [-0.05, 0) is 24.6 Å². The highest BCUT2D eigenvalue weighted by Crippen LogP contribution is 2.44. The molecular weight excluding hydrogens is 255 g/mol. The fourth-order valence-corrected chi connectivity index (χ4v) is 1.99. The molecule has 100 valence electrons. The van der Waals surface area contributed by atoms with E-state index >= 15 is 0 Å². The second-order valence-corrected chi connectivity index (χ2v) is 4.24.